The first kappa shape index (κ1) is 22.9. The minimum atomic E-state index is -0.223. The summed E-state index contributed by atoms with van der Waals surface area (Å²) in [6.45, 7) is 6.14. The zero-order valence-corrected chi connectivity index (χ0v) is 19.9. The van der Waals surface area contributed by atoms with Crippen LogP contribution in [0.4, 0.5) is 11.4 Å². The maximum absolute atomic E-state index is 13.6. The van der Waals surface area contributed by atoms with Gasteiger partial charge in [0.05, 0.1) is 19.9 Å². The predicted octanol–water partition coefficient (Wildman–Crippen LogP) is 5.08. The number of methoxy groups -OCH3 is 2. The fourth-order valence-corrected chi connectivity index (χ4v) is 5.03. The van der Waals surface area contributed by atoms with Crippen LogP contribution in [-0.2, 0) is 9.59 Å². The lowest BCUT2D eigenvalue weighted by Gasteiger charge is -2.39. The number of anilines is 2. The summed E-state index contributed by atoms with van der Waals surface area (Å²) in [5.41, 5.74) is 4.35. The fraction of sp³-hybridized carbons (Fsp3) is 0.407. The van der Waals surface area contributed by atoms with Crippen LogP contribution in [0.25, 0.3) is 0 Å². The third-order valence-corrected chi connectivity index (χ3v) is 6.73. The van der Waals surface area contributed by atoms with E-state index >= 15 is 0 Å². The lowest BCUT2D eigenvalue weighted by atomic mass is 9.77. The molecule has 0 aromatic heterocycles. The summed E-state index contributed by atoms with van der Waals surface area (Å²) in [4.78, 5) is 30.7. The largest absolute Gasteiger partial charge is 0.497 e. The molecule has 33 heavy (non-hydrogen) atoms. The van der Waals surface area contributed by atoms with Gasteiger partial charge in [-0.25, -0.2) is 0 Å². The van der Waals surface area contributed by atoms with E-state index in [-0.39, 0.29) is 24.0 Å². The molecule has 0 saturated heterocycles. The first-order chi connectivity index (χ1) is 16.0. The molecule has 1 unspecified atom stereocenters. The Hall–Kier alpha value is -3.28. The van der Waals surface area contributed by atoms with Crippen molar-refractivity contribution in [3.8, 4) is 11.5 Å². The normalized spacial score (nSPS) is 18.3. The van der Waals surface area contributed by atoms with Crippen LogP contribution in [0.3, 0.4) is 0 Å². The highest BCUT2D eigenvalue weighted by Crippen LogP contribution is 2.46. The molecular formula is C27H32N2O4. The molecule has 0 bridgehead atoms. The Kier molecular flexibility index (Phi) is 6.72. The van der Waals surface area contributed by atoms with Crippen LogP contribution in [0.1, 0.15) is 51.0 Å². The first-order valence-corrected chi connectivity index (χ1v) is 11.7. The average Bonchev–Trinajstić information content (AvgIpc) is 2.84. The maximum atomic E-state index is 13.6. The lowest BCUT2D eigenvalue weighted by Crippen LogP contribution is -2.40. The van der Waals surface area contributed by atoms with Crippen LogP contribution in [0, 0.1) is 0 Å². The molecule has 0 saturated carbocycles. The van der Waals surface area contributed by atoms with Crippen molar-refractivity contribution in [3.05, 3.63) is 59.3 Å². The summed E-state index contributed by atoms with van der Waals surface area (Å²) in [6, 6.07) is 13.7. The van der Waals surface area contributed by atoms with E-state index in [1.807, 2.05) is 0 Å². The quantitative estimate of drug-likeness (QED) is 0.591. The molecule has 1 aliphatic heterocycles. The van der Waals surface area contributed by atoms with Gasteiger partial charge in [0.15, 0.2) is 5.78 Å². The second kappa shape index (κ2) is 9.69. The Morgan fingerprint density at radius 3 is 2.33 bits per heavy atom. The van der Waals surface area contributed by atoms with Gasteiger partial charge in [0.1, 0.15) is 11.5 Å². The van der Waals surface area contributed by atoms with Crippen LogP contribution in [0.5, 0.6) is 11.5 Å². The zero-order valence-electron chi connectivity index (χ0n) is 19.9. The van der Waals surface area contributed by atoms with E-state index in [0.29, 0.717) is 30.0 Å². The summed E-state index contributed by atoms with van der Waals surface area (Å²) >= 11 is 0. The Balaban J connectivity index is 1.80. The van der Waals surface area contributed by atoms with Crippen molar-refractivity contribution in [2.24, 2.45) is 0 Å². The van der Waals surface area contributed by atoms with Gasteiger partial charge in [0, 0.05) is 54.9 Å². The minimum Gasteiger partial charge on any atom is -0.497 e. The molecule has 2 aliphatic rings. The summed E-state index contributed by atoms with van der Waals surface area (Å²) < 4.78 is 11.0. The van der Waals surface area contributed by atoms with Gasteiger partial charge in [-0.15, -0.1) is 0 Å². The second-order valence-corrected chi connectivity index (χ2v) is 8.42. The van der Waals surface area contributed by atoms with E-state index in [1.165, 1.54) is 0 Å². The number of rotatable bonds is 7. The first-order valence-electron chi connectivity index (χ1n) is 11.7. The summed E-state index contributed by atoms with van der Waals surface area (Å²) in [7, 11) is 3.18. The third-order valence-electron chi connectivity index (χ3n) is 6.73. The van der Waals surface area contributed by atoms with Gasteiger partial charge in [0.2, 0.25) is 5.91 Å². The minimum absolute atomic E-state index is 0.0344. The van der Waals surface area contributed by atoms with E-state index in [2.05, 4.69) is 43.0 Å². The number of carbonyl (C=O) groups excluding carboxylic acids is 2. The van der Waals surface area contributed by atoms with Crippen LogP contribution in [-0.4, -0.2) is 39.0 Å². The molecule has 0 N–H and O–H groups in total. The van der Waals surface area contributed by atoms with E-state index in [1.54, 1.807) is 37.3 Å². The summed E-state index contributed by atoms with van der Waals surface area (Å²) in [5, 5.41) is 0. The number of nitrogens with zero attached hydrogens (tertiary/aromatic N) is 2. The van der Waals surface area contributed by atoms with Gasteiger partial charge in [-0.05, 0) is 56.5 Å². The number of hydrogen-bond acceptors (Lipinski definition) is 5. The number of benzene rings is 2. The smallest absolute Gasteiger partial charge is 0.232 e. The molecule has 1 aliphatic carbocycles. The van der Waals surface area contributed by atoms with Gasteiger partial charge in [-0.2, -0.15) is 0 Å². The highest BCUT2D eigenvalue weighted by Gasteiger charge is 2.40. The number of carbonyl (C=O) groups is 2. The molecule has 1 atom stereocenters. The van der Waals surface area contributed by atoms with Crippen LogP contribution < -0.4 is 19.3 Å². The van der Waals surface area contributed by atoms with Crippen LogP contribution in [0.2, 0.25) is 0 Å². The second-order valence-electron chi connectivity index (χ2n) is 8.42. The molecule has 0 spiro atoms. The highest BCUT2D eigenvalue weighted by atomic mass is 16.5. The number of Topliss-reactive ketones (excluding diaryl/α,β-unsaturated/α-hetero) is 1. The van der Waals surface area contributed by atoms with Crippen molar-refractivity contribution in [2.45, 2.75) is 45.4 Å². The van der Waals surface area contributed by atoms with Gasteiger partial charge < -0.3 is 14.4 Å². The summed E-state index contributed by atoms with van der Waals surface area (Å²) in [6.07, 6.45) is 2.18. The molecule has 6 heteroatoms. The van der Waals surface area contributed by atoms with E-state index in [4.69, 9.17) is 9.47 Å². The molecular weight excluding hydrogens is 416 g/mol. The molecule has 2 aromatic rings. The topological polar surface area (TPSA) is 59.1 Å². The van der Waals surface area contributed by atoms with E-state index in [9.17, 15) is 9.59 Å². The number of allylic oxidation sites excluding steroid dienone is 2. The molecule has 174 valence electrons. The van der Waals surface area contributed by atoms with Crippen molar-refractivity contribution in [3.63, 3.8) is 0 Å². The monoisotopic (exact) mass is 448 g/mol. The molecule has 1 heterocycles. The third kappa shape index (κ3) is 4.22. The molecule has 2 aromatic carbocycles. The number of hydrogen-bond donors (Lipinski definition) is 0. The molecule has 0 fully saturated rings. The Bertz CT molecular complexity index is 1070. The lowest BCUT2D eigenvalue weighted by molar-refractivity contribution is -0.119. The predicted molar refractivity (Wildman–Crippen MR) is 130 cm³/mol. The van der Waals surface area contributed by atoms with Gasteiger partial charge in [-0.1, -0.05) is 12.1 Å². The summed E-state index contributed by atoms with van der Waals surface area (Å²) in [5.74, 6) is 1.09. The number of ketones is 1. The standard InChI is InChI=1S/C27H32N2O4/c1-5-28(6-2)19-12-10-18(11-13-19)21-17-26(31)29(22-8-7-9-24(30)27(21)22)23-16-20(32-3)14-15-25(23)33-4/h10-16,21H,5-9,17H2,1-4H3. The molecule has 4 rings (SSSR count). The number of ether oxygens (including phenoxy) is 2. The average molecular weight is 449 g/mol. The molecule has 6 nitrogen and oxygen atoms in total. The van der Waals surface area contributed by atoms with Crippen molar-refractivity contribution in [2.75, 3.05) is 37.1 Å². The van der Waals surface area contributed by atoms with Crippen molar-refractivity contribution >= 4 is 23.1 Å². The Morgan fingerprint density at radius 1 is 0.970 bits per heavy atom. The Labute approximate surface area is 195 Å². The van der Waals surface area contributed by atoms with Gasteiger partial charge in [0.25, 0.3) is 0 Å². The van der Waals surface area contributed by atoms with Crippen molar-refractivity contribution in [1.82, 2.24) is 0 Å². The fourth-order valence-electron chi connectivity index (χ4n) is 5.03. The van der Waals surface area contributed by atoms with E-state index in [0.717, 1.165) is 42.0 Å². The van der Waals surface area contributed by atoms with Crippen LogP contribution >= 0.6 is 0 Å². The highest BCUT2D eigenvalue weighted by molar-refractivity contribution is 6.08. The molecule has 1 amide bonds. The Morgan fingerprint density at radius 2 is 1.70 bits per heavy atom. The van der Waals surface area contributed by atoms with Gasteiger partial charge >= 0.3 is 0 Å². The van der Waals surface area contributed by atoms with Crippen molar-refractivity contribution in [1.29, 1.82) is 0 Å². The SMILES string of the molecule is CCN(CC)c1ccc(C2CC(=O)N(c3cc(OC)ccc3OC)C3=C2C(=O)CCC3)cc1. The number of amides is 1. The maximum Gasteiger partial charge on any atom is 0.232 e. The van der Waals surface area contributed by atoms with Crippen molar-refractivity contribution < 1.29 is 19.1 Å². The van der Waals surface area contributed by atoms with E-state index < -0.39 is 0 Å². The van der Waals surface area contributed by atoms with Crippen LogP contribution in [0.15, 0.2) is 53.7 Å². The molecule has 0 radical (unpaired) electrons. The van der Waals surface area contributed by atoms with Gasteiger partial charge in [-0.3, -0.25) is 14.5 Å². The zero-order chi connectivity index (χ0) is 23.5.